The van der Waals surface area contributed by atoms with Crippen LogP contribution in [0.3, 0.4) is 0 Å². The number of likely N-dealkylation sites (tertiary alicyclic amines) is 1. The highest BCUT2D eigenvalue weighted by molar-refractivity contribution is 4.79. The van der Waals surface area contributed by atoms with Crippen molar-refractivity contribution in [3.63, 3.8) is 0 Å². The Kier molecular flexibility index (Phi) is 5.73. The van der Waals surface area contributed by atoms with Crippen LogP contribution in [0.2, 0.25) is 0 Å². The highest BCUT2D eigenvalue weighted by Crippen LogP contribution is 2.21. The Bertz CT molecular complexity index is 189. The van der Waals surface area contributed by atoms with E-state index in [1.807, 2.05) is 0 Å². The molecule has 1 unspecified atom stereocenters. The van der Waals surface area contributed by atoms with E-state index in [4.69, 9.17) is 9.84 Å². The van der Waals surface area contributed by atoms with E-state index >= 15 is 0 Å². The average Bonchev–Trinajstić information content (AvgIpc) is 2.60. The lowest BCUT2D eigenvalue weighted by Crippen LogP contribution is -2.34. The molecule has 1 atom stereocenters. The monoisotopic (exact) mass is 229 g/mol. The molecule has 3 nitrogen and oxygen atoms in total. The number of aliphatic hydroxyl groups is 1. The van der Waals surface area contributed by atoms with Gasteiger partial charge in [0, 0.05) is 19.2 Å². The Morgan fingerprint density at radius 2 is 2.12 bits per heavy atom. The molecule has 0 aliphatic carbocycles. The smallest absolute Gasteiger partial charge is 0.0600 e. The molecule has 1 heterocycles. The topological polar surface area (TPSA) is 32.7 Å². The van der Waals surface area contributed by atoms with Crippen LogP contribution >= 0.6 is 0 Å². The summed E-state index contributed by atoms with van der Waals surface area (Å²) in [5, 5.41) is 8.85. The van der Waals surface area contributed by atoms with Crippen LogP contribution in [0.25, 0.3) is 0 Å². The van der Waals surface area contributed by atoms with Gasteiger partial charge in [0.05, 0.1) is 12.2 Å². The van der Waals surface area contributed by atoms with E-state index in [1.54, 1.807) is 0 Å². The van der Waals surface area contributed by atoms with Gasteiger partial charge in [-0.3, -0.25) is 4.90 Å². The molecule has 0 radical (unpaired) electrons. The second kappa shape index (κ2) is 6.58. The number of rotatable bonds is 6. The van der Waals surface area contributed by atoms with Gasteiger partial charge in [0.15, 0.2) is 0 Å². The molecule has 1 aliphatic rings. The highest BCUT2D eigenvalue weighted by Gasteiger charge is 2.23. The van der Waals surface area contributed by atoms with E-state index < -0.39 is 0 Å². The Hall–Kier alpha value is -0.120. The number of hydrogen-bond donors (Lipinski definition) is 1. The lowest BCUT2D eigenvalue weighted by Gasteiger charge is -2.26. The summed E-state index contributed by atoms with van der Waals surface area (Å²) in [7, 11) is 0. The zero-order valence-electron chi connectivity index (χ0n) is 11.0. The fourth-order valence-corrected chi connectivity index (χ4v) is 2.31. The second-order valence-electron chi connectivity index (χ2n) is 5.66. The third-order valence-corrected chi connectivity index (χ3v) is 3.11. The molecular formula is C13H27NO2. The third-order valence-electron chi connectivity index (χ3n) is 3.11. The van der Waals surface area contributed by atoms with Crippen molar-refractivity contribution in [2.75, 3.05) is 26.3 Å². The van der Waals surface area contributed by atoms with E-state index in [9.17, 15) is 0 Å². The van der Waals surface area contributed by atoms with Crippen molar-refractivity contribution in [1.29, 1.82) is 0 Å². The first-order chi connectivity index (χ1) is 7.53. The van der Waals surface area contributed by atoms with Crippen LogP contribution < -0.4 is 0 Å². The molecular weight excluding hydrogens is 202 g/mol. The summed E-state index contributed by atoms with van der Waals surface area (Å²) in [5.74, 6) is 0. The van der Waals surface area contributed by atoms with Crippen molar-refractivity contribution >= 4 is 0 Å². The zero-order chi connectivity index (χ0) is 12.0. The summed E-state index contributed by atoms with van der Waals surface area (Å²) in [6, 6.07) is 0.677. The molecule has 1 rings (SSSR count). The number of hydrogen-bond acceptors (Lipinski definition) is 3. The van der Waals surface area contributed by atoms with E-state index in [0.717, 1.165) is 26.0 Å². The minimum Gasteiger partial charge on any atom is -0.396 e. The summed E-state index contributed by atoms with van der Waals surface area (Å²) in [5.41, 5.74) is -0.0275. The Balaban J connectivity index is 2.19. The van der Waals surface area contributed by atoms with Gasteiger partial charge in [-0.25, -0.2) is 0 Å². The van der Waals surface area contributed by atoms with Gasteiger partial charge >= 0.3 is 0 Å². The van der Waals surface area contributed by atoms with Crippen LogP contribution in [0, 0.1) is 0 Å². The molecule has 1 aliphatic heterocycles. The summed E-state index contributed by atoms with van der Waals surface area (Å²) < 4.78 is 5.75. The van der Waals surface area contributed by atoms with Crippen LogP contribution in [-0.2, 0) is 4.74 Å². The van der Waals surface area contributed by atoms with Gasteiger partial charge in [0.25, 0.3) is 0 Å². The summed E-state index contributed by atoms with van der Waals surface area (Å²) in [4.78, 5) is 2.52. The molecule has 1 fully saturated rings. The molecule has 0 aromatic carbocycles. The van der Waals surface area contributed by atoms with Gasteiger partial charge in [-0.2, -0.15) is 0 Å². The zero-order valence-corrected chi connectivity index (χ0v) is 11.0. The Morgan fingerprint density at radius 3 is 2.75 bits per heavy atom. The van der Waals surface area contributed by atoms with Crippen molar-refractivity contribution in [3.05, 3.63) is 0 Å². The van der Waals surface area contributed by atoms with Crippen LogP contribution in [0.4, 0.5) is 0 Å². The van der Waals surface area contributed by atoms with Gasteiger partial charge in [-0.15, -0.1) is 0 Å². The molecule has 1 saturated heterocycles. The fraction of sp³-hybridized carbons (Fsp3) is 1.00. The van der Waals surface area contributed by atoms with Gasteiger partial charge in [0.1, 0.15) is 0 Å². The molecule has 0 bridgehead atoms. The van der Waals surface area contributed by atoms with E-state index in [2.05, 4.69) is 25.7 Å². The van der Waals surface area contributed by atoms with Crippen molar-refractivity contribution in [1.82, 2.24) is 4.90 Å². The van der Waals surface area contributed by atoms with Crippen LogP contribution in [0.1, 0.15) is 46.5 Å². The first-order valence-corrected chi connectivity index (χ1v) is 6.52. The molecule has 1 N–H and O–H groups in total. The van der Waals surface area contributed by atoms with Gasteiger partial charge in [-0.05, 0) is 53.0 Å². The maximum Gasteiger partial charge on any atom is 0.0600 e. The van der Waals surface area contributed by atoms with E-state index in [-0.39, 0.29) is 5.60 Å². The summed E-state index contributed by atoms with van der Waals surface area (Å²) in [6.07, 6.45) is 4.65. The predicted molar refractivity (Wildman–Crippen MR) is 66.6 cm³/mol. The normalized spacial score (nSPS) is 22.9. The fourth-order valence-electron chi connectivity index (χ4n) is 2.31. The Labute approximate surface area is 99.8 Å². The molecule has 0 amide bonds. The number of ether oxygens (including phenoxy) is 1. The largest absolute Gasteiger partial charge is 0.396 e. The van der Waals surface area contributed by atoms with Gasteiger partial charge in [-0.1, -0.05) is 0 Å². The standard InChI is InChI=1S/C13H27NO2/c1-13(2,3)16-11-9-14-8-4-6-12(14)7-5-10-15/h12,15H,4-11H2,1-3H3. The van der Waals surface area contributed by atoms with Crippen LogP contribution in [0.15, 0.2) is 0 Å². The number of aliphatic hydroxyl groups excluding tert-OH is 1. The number of nitrogens with zero attached hydrogens (tertiary/aromatic N) is 1. The molecule has 0 aromatic heterocycles. The lowest BCUT2D eigenvalue weighted by molar-refractivity contribution is -0.0147. The molecule has 0 spiro atoms. The minimum atomic E-state index is -0.0275. The van der Waals surface area contributed by atoms with Crippen LogP contribution in [0.5, 0.6) is 0 Å². The molecule has 96 valence electrons. The first kappa shape index (κ1) is 13.9. The van der Waals surface area contributed by atoms with Crippen molar-refractivity contribution < 1.29 is 9.84 Å². The lowest BCUT2D eigenvalue weighted by atomic mass is 10.1. The average molecular weight is 229 g/mol. The van der Waals surface area contributed by atoms with Crippen molar-refractivity contribution in [3.8, 4) is 0 Å². The quantitative estimate of drug-likeness (QED) is 0.756. The highest BCUT2D eigenvalue weighted by atomic mass is 16.5. The molecule has 0 saturated carbocycles. The SMILES string of the molecule is CC(C)(C)OCCN1CCCC1CCCO. The summed E-state index contributed by atoms with van der Waals surface area (Å²) in [6.45, 7) is 9.67. The molecule has 0 aromatic rings. The van der Waals surface area contributed by atoms with Crippen LogP contribution in [-0.4, -0.2) is 48.0 Å². The molecule has 3 heteroatoms. The molecule has 16 heavy (non-hydrogen) atoms. The van der Waals surface area contributed by atoms with Gasteiger partial charge in [0.2, 0.25) is 0 Å². The predicted octanol–water partition coefficient (Wildman–Crippen LogP) is 2.04. The Morgan fingerprint density at radius 1 is 1.38 bits per heavy atom. The van der Waals surface area contributed by atoms with E-state index in [1.165, 1.54) is 19.4 Å². The van der Waals surface area contributed by atoms with Crippen molar-refractivity contribution in [2.45, 2.75) is 58.1 Å². The van der Waals surface area contributed by atoms with Crippen molar-refractivity contribution in [2.24, 2.45) is 0 Å². The van der Waals surface area contributed by atoms with Gasteiger partial charge < -0.3 is 9.84 Å². The minimum absolute atomic E-state index is 0.0275. The second-order valence-corrected chi connectivity index (χ2v) is 5.66. The first-order valence-electron chi connectivity index (χ1n) is 6.52. The maximum atomic E-state index is 8.85. The van der Waals surface area contributed by atoms with E-state index in [0.29, 0.717) is 12.6 Å². The summed E-state index contributed by atoms with van der Waals surface area (Å²) >= 11 is 0. The maximum absolute atomic E-state index is 8.85. The third kappa shape index (κ3) is 5.28.